The monoisotopic (exact) mass is 181 g/mol. The summed E-state index contributed by atoms with van der Waals surface area (Å²) in [5, 5.41) is 13.9. The van der Waals surface area contributed by atoms with E-state index in [2.05, 4.69) is 10.6 Å². The van der Waals surface area contributed by atoms with Gasteiger partial charge in [-0.25, -0.2) is 4.79 Å². The van der Waals surface area contributed by atoms with E-state index < -0.39 is 0 Å². The van der Waals surface area contributed by atoms with Crippen LogP contribution in [-0.2, 0) is 0 Å². The van der Waals surface area contributed by atoms with E-state index >= 15 is 0 Å². The number of hydrogen-bond acceptors (Lipinski definition) is 2. The summed E-state index contributed by atoms with van der Waals surface area (Å²) in [5.74, 6) is 0. The summed E-state index contributed by atoms with van der Waals surface area (Å²) in [5.41, 5.74) is 0. The molecule has 0 saturated heterocycles. The Hall–Kier alpha value is -1.24. The maximum Gasteiger partial charge on any atom is 0.315 e. The van der Waals surface area contributed by atoms with Crippen LogP contribution in [0.4, 0.5) is 4.79 Å². The van der Waals surface area contributed by atoms with Crippen molar-refractivity contribution in [1.29, 1.82) is 5.26 Å². The topological polar surface area (TPSA) is 64.9 Å². The van der Waals surface area contributed by atoms with Gasteiger partial charge in [0.15, 0.2) is 0 Å². The number of amides is 2. The second kappa shape index (κ2) is 4.70. The molecular weight excluding hydrogens is 166 g/mol. The highest BCUT2D eigenvalue weighted by atomic mass is 16.2. The first kappa shape index (κ1) is 9.85. The SMILES string of the molecule is CC(CC#N)NC(=O)NC1CCC1. The van der Waals surface area contributed by atoms with Crippen molar-refractivity contribution in [2.75, 3.05) is 0 Å². The average molecular weight is 181 g/mol. The molecule has 1 aliphatic carbocycles. The minimum absolute atomic E-state index is 0.0647. The molecule has 0 aromatic carbocycles. The summed E-state index contributed by atoms with van der Waals surface area (Å²) in [6, 6.07) is 2.16. The molecule has 1 unspecified atom stereocenters. The van der Waals surface area contributed by atoms with Gasteiger partial charge in [-0.3, -0.25) is 0 Å². The molecule has 1 saturated carbocycles. The first-order valence-electron chi connectivity index (χ1n) is 4.66. The Morgan fingerprint density at radius 3 is 2.85 bits per heavy atom. The summed E-state index contributed by atoms with van der Waals surface area (Å²) in [7, 11) is 0. The fourth-order valence-electron chi connectivity index (χ4n) is 1.19. The number of nitrogens with one attached hydrogen (secondary N) is 2. The van der Waals surface area contributed by atoms with E-state index in [1.54, 1.807) is 0 Å². The Bertz CT molecular complexity index is 217. The van der Waals surface area contributed by atoms with E-state index in [-0.39, 0.29) is 12.1 Å². The highest BCUT2D eigenvalue weighted by Crippen LogP contribution is 2.17. The molecule has 2 amide bonds. The maximum atomic E-state index is 11.2. The van der Waals surface area contributed by atoms with Crippen molar-refractivity contribution in [3.8, 4) is 6.07 Å². The summed E-state index contributed by atoms with van der Waals surface area (Å²) < 4.78 is 0. The molecular formula is C9H15N3O. The smallest absolute Gasteiger partial charge is 0.315 e. The van der Waals surface area contributed by atoms with Gasteiger partial charge in [-0.1, -0.05) is 0 Å². The van der Waals surface area contributed by atoms with Gasteiger partial charge in [-0.15, -0.1) is 0 Å². The van der Waals surface area contributed by atoms with Crippen molar-refractivity contribution in [3.05, 3.63) is 0 Å². The Labute approximate surface area is 78.3 Å². The van der Waals surface area contributed by atoms with Gasteiger partial charge >= 0.3 is 6.03 Å². The predicted octanol–water partition coefficient (Wildman–Crippen LogP) is 1.14. The Morgan fingerprint density at radius 2 is 2.38 bits per heavy atom. The van der Waals surface area contributed by atoms with Crippen LogP contribution in [0.15, 0.2) is 0 Å². The van der Waals surface area contributed by atoms with Crippen LogP contribution in [-0.4, -0.2) is 18.1 Å². The first-order valence-corrected chi connectivity index (χ1v) is 4.66. The number of rotatable bonds is 3. The molecule has 0 heterocycles. The van der Waals surface area contributed by atoms with Gasteiger partial charge in [0.05, 0.1) is 12.5 Å². The van der Waals surface area contributed by atoms with Crippen molar-refractivity contribution in [2.45, 2.75) is 44.7 Å². The van der Waals surface area contributed by atoms with Crippen LogP contribution >= 0.6 is 0 Å². The van der Waals surface area contributed by atoms with Crippen LogP contribution in [0.1, 0.15) is 32.6 Å². The van der Waals surface area contributed by atoms with Crippen LogP contribution in [0.5, 0.6) is 0 Å². The van der Waals surface area contributed by atoms with Crippen molar-refractivity contribution in [3.63, 3.8) is 0 Å². The molecule has 1 rings (SSSR count). The number of nitrogens with zero attached hydrogens (tertiary/aromatic N) is 1. The van der Waals surface area contributed by atoms with E-state index in [9.17, 15) is 4.79 Å². The maximum absolute atomic E-state index is 11.2. The summed E-state index contributed by atoms with van der Waals surface area (Å²) in [6.45, 7) is 1.82. The zero-order valence-corrected chi connectivity index (χ0v) is 7.84. The number of nitriles is 1. The molecule has 1 aliphatic rings. The summed E-state index contributed by atoms with van der Waals surface area (Å²) >= 11 is 0. The molecule has 0 aromatic heterocycles. The lowest BCUT2D eigenvalue weighted by molar-refractivity contribution is 0.225. The van der Waals surface area contributed by atoms with Crippen molar-refractivity contribution in [1.82, 2.24) is 10.6 Å². The molecule has 2 N–H and O–H groups in total. The largest absolute Gasteiger partial charge is 0.335 e. The molecule has 13 heavy (non-hydrogen) atoms. The highest BCUT2D eigenvalue weighted by molar-refractivity contribution is 5.74. The Morgan fingerprint density at radius 1 is 1.69 bits per heavy atom. The van der Waals surface area contributed by atoms with E-state index in [1.807, 2.05) is 13.0 Å². The Balaban J connectivity index is 2.13. The van der Waals surface area contributed by atoms with Gasteiger partial charge in [0, 0.05) is 12.1 Å². The van der Waals surface area contributed by atoms with E-state index in [0.29, 0.717) is 12.5 Å². The molecule has 0 radical (unpaired) electrons. The summed E-state index contributed by atoms with van der Waals surface area (Å²) in [4.78, 5) is 11.2. The molecule has 4 nitrogen and oxygen atoms in total. The second-order valence-electron chi connectivity index (χ2n) is 3.51. The lowest BCUT2D eigenvalue weighted by Gasteiger charge is -2.27. The molecule has 72 valence electrons. The summed E-state index contributed by atoms with van der Waals surface area (Å²) in [6.07, 6.45) is 3.73. The van der Waals surface area contributed by atoms with Crippen LogP contribution in [0.2, 0.25) is 0 Å². The number of carbonyl (C=O) groups is 1. The van der Waals surface area contributed by atoms with E-state index in [4.69, 9.17) is 5.26 Å². The van der Waals surface area contributed by atoms with Crippen molar-refractivity contribution < 1.29 is 4.79 Å². The fourth-order valence-corrected chi connectivity index (χ4v) is 1.19. The van der Waals surface area contributed by atoms with Crippen LogP contribution in [0.3, 0.4) is 0 Å². The molecule has 1 fully saturated rings. The molecule has 0 aromatic rings. The first-order chi connectivity index (χ1) is 6.22. The predicted molar refractivity (Wildman–Crippen MR) is 49.0 cm³/mol. The normalized spacial score (nSPS) is 18.2. The minimum atomic E-state index is -0.146. The quantitative estimate of drug-likeness (QED) is 0.685. The fraction of sp³-hybridized carbons (Fsp3) is 0.778. The van der Waals surface area contributed by atoms with Gasteiger partial charge in [0.1, 0.15) is 0 Å². The number of urea groups is 1. The van der Waals surface area contributed by atoms with Crippen LogP contribution < -0.4 is 10.6 Å². The molecule has 1 atom stereocenters. The average Bonchev–Trinajstić information content (AvgIpc) is 1.97. The van der Waals surface area contributed by atoms with Crippen molar-refractivity contribution >= 4 is 6.03 Å². The Kier molecular flexibility index (Phi) is 3.56. The zero-order chi connectivity index (χ0) is 9.68. The van der Waals surface area contributed by atoms with Crippen LogP contribution in [0.25, 0.3) is 0 Å². The molecule has 0 bridgehead atoms. The van der Waals surface area contributed by atoms with E-state index in [0.717, 1.165) is 12.8 Å². The van der Waals surface area contributed by atoms with Crippen LogP contribution in [0, 0.1) is 11.3 Å². The molecule has 0 aliphatic heterocycles. The molecule has 4 heteroatoms. The third-order valence-corrected chi connectivity index (χ3v) is 2.22. The van der Waals surface area contributed by atoms with Gasteiger partial charge in [0.25, 0.3) is 0 Å². The van der Waals surface area contributed by atoms with Gasteiger partial charge < -0.3 is 10.6 Å². The number of hydrogen-bond donors (Lipinski definition) is 2. The number of carbonyl (C=O) groups excluding carboxylic acids is 1. The molecule has 0 spiro atoms. The van der Waals surface area contributed by atoms with Gasteiger partial charge in [-0.2, -0.15) is 5.26 Å². The van der Waals surface area contributed by atoms with Crippen molar-refractivity contribution in [2.24, 2.45) is 0 Å². The lowest BCUT2D eigenvalue weighted by atomic mass is 9.93. The highest BCUT2D eigenvalue weighted by Gasteiger charge is 2.19. The minimum Gasteiger partial charge on any atom is -0.335 e. The third-order valence-electron chi connectivity index (χ3n) is 2.22. The van der Waals surface area contributed by atoms with Gasteiger partial charge in [0.2, 0.25) is 0 Å². The van der Waals surface area contributed by atoms with E-state index in [1.165, 1.54) is 6.42 Å². The van der Waals surface area contributed by atoms with Gasteiger partial charge in [-0.05, 0) is 26.2 Å². The zero-order valence-electron chi connectivity index (χ0n) is 7.84. The standard InChI is InChI=1S/C9H15N3O/c1-7(5-6-10)11-9(13)12-8-3-2-4-8/h7-8H,2-5H2,1H3,(H2,11,12,13). The second-order valence-corrected chi connectivity index (χ2v) is 3.51. The third kappa shape index (κ3) is 3.32. The lowest BCUT2D eigenvalue weighted by Crippen LogP contribution is -2.47.